The fourth-order valence-electron chi connectivity index (χ4n) is 2.69. The summed E-state index contributed by atoms with van der Waals surface area (Å²) in [6.07, 6.45) is -0.447. The van der Waals surface area contributed by atoms with Crippen LogP contribution >= 0.6 is 24.0 Å². The van der Waals surface area contributed by atoms with Crippen LogP contribution in [-0.4, -0.2) is 25.8 Å². The molecule has 3 rings (SSSR count). The third-order valence-corrected chi connectivity index (χ3v) is 4.11. The largest absolute Gasteiger partial charge is 0.481 e. The van der Waals surface area contributed by atoms with E-state index in [0.29, 0.717) is 18.9 Å². The van der Waals surface area contributed by atoms with Crippen LogP contribution in [0.3, 0.4) is 0 Å². The number of benzene rings is 2. The summed E-state index contributed by atoms with van der Waals surface area (Å²) in [5.74, 6) is 0.0683. The Morgan fingerprint density at radius 1 is 1.29 bits per heavy atom. The molecule has 0 saturated carbocycles. The van der Waals surface area contributed by atoms with Crippen LogP contribution in [-0.2, 0) is 4.74 Å². The van der Waals surface area contributed by atoms with Gasteiger partial charge in [0.05, 0.1) is 11.6 Å². The summed E-state index contributed by atoms with van der Waals surface area (Å²) in [6.45, 7) is 4.19. The van der Waals surface area contributed by atoms with Crippen LogP contribution in [0.5, 0.6) is 5.75 Å². The molecule has 2 aromatic rings. The SMILES string of the molecule is Cc1cccc(C(Oc2ccc(F)cc2Cl)[C@@H]2CNCCO2)c1.Cl. The number of nitrogens with one attached hydrogen (secondary N) is 1. The normalized spacial score (nSPS) is 18.5. The zero-order valence-corrected chi connectivity index (χ0v) is 14.9. The van der Waals surface area contributed by atoms with Gasteiger partial charge in [0.2, 0.25) is 0 Å². The van der Waals surface area contributed by atoms with E-state index in [1.807, 2.05) is 25.1 Å². The van der Waals surface area contributed by atoms with Gasteiger partial charge in [0.1, 0.15) is 17.7 Å². The van der Waals surface area contributed by atoms with Crippen molar-refractivity contribution < 1.29 is 13.9 Å². The number of morpholine rings is 1. The minimum atomic E-state index is -0.384. The molecular weight excluding hydrogens is 352 g/mol. The molecule has 0 bridgehead atoms. The Labute approximate surface area is 152 Å². The van der Waals surface area contributed by atoms with E-state index >= 15 is 0 Å². The number of aryl methyl sites for hydroxylation is 1. The van der Waals surface area contributed by atoms with E-state index in [2.05, 4.69) is 11.4 Å². The summed E-state index contributed by atoms with van der Waals surface area (Å²) in [7, 11) is 0. The summed E-state index contributed by atoms with van der Waals surface area (Å²) >= 11 is 6.11. The second kappa shape index (κ2) is 8.67. The molecule has 1 heterocycles. The van der Waals surface area contributed by atoms with Crippen molar-refractivity contribution >= 4 is 24.0 Å². The lowest BCUT2D eigenvalue weighted by atomic mass is 10.0. The van der Waals surface area contributed by atoms with Crippen LogP contribution < -0.4 is 10.1 Å². The van der Waals surface area contributed by atoms with Crippen LogP contribution in [0, 0.1) is 12.7 Å². The first-order chi connectivity index (χ1) is 11.1. The third kappa shape index (κ3) is 4.61. The molecule has 1 aliphatic heterocycles. The average molecular weight is 372 g/mol. The summed E-state index contributed by atoms with van der Waals surface area (Å²) in [5.41, 5.74) is 2.16. The van der Waals surface area contributed by atoms with Gasteiger partial charge in [-0.25, -0.2) is 4.39 Å². The highest BCUT2D eigenvalue weighted by Gasteiger charge is 2.28. The van der Waals surface area contributed by atoms with E-state index in [1.54, 1.807) is 6.07 Å². The minimum absolute atomic E-state index is 0. The minimum Gasteiger partial charge on any atom is -0.481 e. The lowest BCUT2D eigenvalue weighted by Gasteiger charge is -2.32. The molecule has 0 spiro atoms. The maximum atomic E-state index is 13.2. The van der Waals surface area contributed by atoms with Crippen molar-refractivity contribution in [3.8, 4) is 5.75 Å². The van der Waals surface area contributed by atoms with Gasteiger partial charge in [-0.1, -0.05) is 41.4 Å². The number of rotatable bonds is 4. The molecule has 1 unspecified atom stereocenters. The van der Waals surface area contributed by atoms with Crippen molar-refractivity contribution in [1.29, 1.82) is 0 Å². The second-order valence-electron chi connectivity index (χ2n) is 5.64. The molecular formula is C18H20Cl2FNO2. The van der Waals surface area contributed by atoms with Gasteiger partial charge in [-0.15, -0.1) is 12.4 Å². The van der Waals surface area contributed by atoms with Gasteiger partial charge in [-0.05, 0) is 30.7 Å². The van der Waals surface area contributed by atoms with Gasteiger partial charge in [0, 0.05) is 13.1 Å². The van der Waals surface area contributed by atoms with Gasteiger partial charge in [0.25, 0.3) is 0 Å². The van der Waals surface area contributed by atoms with Crippen molar-refractivity contribution in [3.05, 3.63) is 64.4 Å². The quantitative estimate of drug-likeness (QED) is 0.867. The number of ether oxygens (including phenoxy) is 2. The molecule has 3 nitrogen and oxygen atoms in total. The van der Waals surface area contributed by atoms with Gasteiger partial charge < -0.3 is 14.8 Å². The van der Waals surface area contributed by atoms with Gasteiger partial charge in [0.15, 0.2) is 6.10 Å². The van der Waals surface area contributed by atoms with Gasteiger partial charge in [-0.2, -0.15) is 0 Å². The molecule has 0 radical (unpaired) electrons. The zero-order valence-electron chi connectivity index (χ0n) is 13.3. The molecule has 0 aliphatic carbocycles. The predicted molar refractivity (Wildman–Crippen MR) is 95.8 cm³/mol. The molecule has 2 atom stereocenters. The smallest absolute Gasteiger partial charge is 0.151 e. The standard InChI is InChI=1S/C18H19ClFNO2.ClH/c1-12-3-2-4-13(9-12)18(17-11-21-7-8-22-17)23-16-6-5-14(20)10-15(16)19;/h2-6,9-10,17-18,21H,7-8,11H2,1H3;1H/t17-,18?;/m0./s1. The Hall–Kier alpha value is -1.33. The van der Waals surface area contributed by atoms with Crippen molar-refractivity contribution in [2.75, 3.05) is 19.7 Å². The fourth-order valence-corrected chi connectivity index (χ4v) is 2.91. The molecule has 6 heteroatoms. The first kappa shape index (κ1) is 19.0. The molecule has 1 fully saturated rings. The maximum Gasteiger partial charge on any atom is 0.151 e. The zero-order chi connectivity index (χ0) is 16.2. The molecule has 130 valence electrons. The monoisotopic (exact) mass is 371 g/mol. The first-order valence-corrected chi connectivity index (χ1v) is 8.02. The topological polar surface area (TPSA) is 30.5 Å². The predicted octanol–water partition coefficient (Wildman–Crippen LogP) is 4.32. The maximum absolute atomic E-state index is 13.2. The van der Waals surface area contributed by atoms with Crippen LogP contribution in [0.25, 0.3) is 0 Å². The summed E-state index contributed by atoms with van der Waals surface area (Å²) < 4.78 is 25.2. The average Bonchev–Trinajstić information content (AvgIpc) is 2.55. The fraction of sp³-hybridized carbons (Fsp3) is 0.333. The van der Waals surface area contributed by atoms with E-state index in [4.69, 9.17) is 21.1 Å². The summed E-state index contributed by atoms with van der Waals surface area (Å²) in [5, 5.41) is 3.57. The Morgan fingerprint density at radius 2 is 2.12 bits per heavy atom. The van der Waals surface area contributed by atoms with Crippen LogP contribution in [0.2, 0.25) is 5.02 Å². The highest BCUT2D eigenvalue weighted by atomic mass is 35.5. The van der Waals surface area contributed by atoms with Crippen LogP contribution in [0.4, 0.5) is 4.39 Å². The number of halogens is 3. The molecule has 1 saturated heterocycles. The Kier molecular flexibility index (Phi) is 6.87. The molecule has 1 N–H and O–H groups in total. The van der Waals surface area contributed by atoms with E-state index in [-0.39, 0.29) is 35.5 Å². The Morgan fingerprint density at radius 3 is 2.79 bits per heavy atom. The first-order valence-electron chi connectivity index (χ1n) is 7.64. The van der Waals surface area contributed by atoms with Crippen molar-refractivity contribution in [1.82, 2.24) is 5.32 Å². The van der Waals surface area contributed by atoms with E-state index in [9.17, 15) is 4.39 Å². The third-order valence-electron chi connectivity index (χ3n) is 3.81. The molecule has 0 amide bonds. The summed E-state index contributed by atoms with van der Waals surface area (Å²) in [6, 6.07) is 12.2. The molecule has 0 aromatic heterocycles. The lowest BCUT2D eigenvalue weighted by Crippen LogP contribution is -2.43. The van der Waals surface area contributed by atoms with Crippen molar-refractivity contribution in [2.24, 2.45) is 0 Å². The van der Waals surface area contributed by atoms with Gasteiger partial charge >= 0.3 is 0 Å². The van der Waals surface area contributed by atoms with Crippen molar-refractivity contribution in [3.63, 3.8) is 0 Å². The number of hydrogen-bond acceptors (Lipinski definition) is 3. The van der Waals surface area contributed by atoms with Crippen LogP contribution in [0.15, 0.2) is 42.5 Å². The highest BCUT2D eigenvalue weighted by molar-refractivity contribution is 6.32. The van der Waals surface area contributed by atoms with Crippen molar-refractivity contribution in [2.45, 2.75) is 19.1 Å². The lowest BCUT2D eigenvalue weighted by molar-refractivity contribution is -0.0432. The van der Waals surface area contributed by atoms with E-state index in [1.165, 1.54) is 12.1 Å². The molecule has 2 aromatic carbocycles. The highest BCUT2D eigenvalue weighted by Crippen LogP contribution is 2.32. The van der Waals surface area contributed by atoms with Gasteiger partial charge in [-0.3, -0.25) is 0 Å². The number of hydrogen-bond donors (Lipinski definition) is 1. The van der Waals surface area contributed by atoms with Crippen LogP contribution in [0.1, 0.15) is 17.2 Å². The van der Waals surface area contributed by atoms with E-state index in [0.717, 1.165) is 17.7 Å². The second-order valence-corrected chi connectivity index (χ2v) is 6.05. The molecule has 24 heavy (non-hydrogen) atoms. The summed E-state index contributed by atoms with van der Waals surface area (Å²) in [4.78, 5) is 0. The van der Waals surface area contributed by atoms with E-state index < -0.39 is 0 Å². The Bertz CT molecular complexity index is 678. The molecule has 1 aliphatic rings. The Balaban J connectivity index is 0.00000208.